The molecular weight excluding hydrogens is 388 g/mol. The van der Waals surface area contributed by atoms with Crippen molar-refractivity contribution in [1.82, 2.24) is 14.5 Å². The molecule has 2 heterocycles. The summed E-state index contributed by atoms with van der Waals surface area (Å²) in [5, 5.41) is 1.74. The molecule has 0 radical (unpaired) electrons. The molecule has 5 rings (SSSR count). The summed E-state index contributed by atoms with van der Waals surface area (Å²) in [6.45, 7) is 0.543. The molecule has 0 atom stereocenters. The van der Waals surface area contributed by atoms with E-state index in [1.54, 1.807) is 23.0 Å². The molecule has 0 aliphatic heterocycles. The van der Waals surface area contributed by atoms with Crippen LogP contribution in [0.5, 0.6) is 0 Å². The fraction of sp³-hybridized carbons (Fsp3) is 0.0800. The number of para-hydroxylation sites is 1. The molecule has 152 valence electrons. The summed E-state index contributed by atoms with van der Waals surface area (Å²) in [6.07, 6.45) is 4.34. The minimum absolute atomic E-state index is 0.0690. The van der Waals surface area contributed by atoms with Crippen molar-refractivity contribution in [2.45, 2.75) is 13.0 Å². The molecule has 2 aromatic heterocycles. The van der Waals surface area contributed by atoms with Crippen LogP contribution in [0.3, 0.4) is 0 Å². The first kappa shape index (κ1) is 18.8. The van der Waals surface area contributed by atoms with Gasteiger partial charge in [0.15, 0.2) is 0 Å². The van der Waals surface area contributed by atoms with Crippen LogP contribution in [0.2, 0.25) is 0 Å². The first-order valence-electron chi connectivity index (χ1n) is 10.0. The maximum Gasteiger partial charge on any atom is 0.261 e. The second-order valence-electron chi connectivity index (χ2n) is 7.53. The van der Waals surface area contributed by atoms with Gasteiger partial charge in [0.2, 0.25) is 5.91 Å². The van der Waals surface area contributed by atoms with Gasteiger partial charge in [-0.05, 0) is 53.4 Å². The van der Waals surface area contributed by atoms with Crippen LogP contribution in [0.15, 0.2) is 84.0 Å². The van der Waals surface area contributed by atoms with E-state index in [4.69, 9.17) is 5.73 Å². The van der Waals surface area contributed by atoms with Gasteiger partial charge in [-0.3, -0.25) is 14.2 Å². The molecule has 0 bridgehead atoms. The van der Waals surface area contributed by atoms with Crippen LogP contribution in [0.4, 0.5) is 0 Å². The molecule has 0 unspecified atom stereocenters. The van der Waals surface area contributed by atoms with E-state index in [0.717, 1.165) is 23.1 Å². The number of nitrogens with two attached hydrogens (primary N) is 1. The Balaban J connectivity index is 1.46. The van der Waals surface area contributed by atoms with Crippen molar-refractivity contribution in [3.8, 4) is 11.1 Å². The third-order valence-corrected chi connectivity index (χ3v) is 5.62. The average Bonchev–Trinajstić information content (AvgIpc) is 3.22. The molecule has 0 spiro atoms. The van der Waals surface area contributed by atoms with E-state index < -0.39 is 5.91 Å². The fourth-order valence-electron chi connectivity index (χ4n) is 3.90. The highest BCUT2D eigenvalue weighted by atomic mass is 16.1. The van der Waals surface area contributed by atoms with E-state index in [1.165, 1.54) is 10.9 Å². The number of carbonyl (C=O) groups is 1. The number of fused-ring (bicyclic) bond motifs is 2. The topological polar surface area (TPSA) is 93.8 Å². The van der Waals surface area contributed by atoms with Crippen molar-refractivity contribution < 1.29 is 4.79 Å². The average molecular weight is 408 g/mol. The largest absolute Gasteiger partial charge is 0.366 e. The second kappa shape index (κ2) is 7.57. The lowest BCUT2D eigenvalue weighted by molar-refractivity contribution is 0.100. The predicted molar refractivity (Wildman–Crippen MR) is 122 cm³/mol. The first-order chi connectivity index (χ1) is 15.1. The Morgan fingerprint density at radius 2 is 1.74 bits per heavy atom. The second-order valence-corrected chi connectivity index (χ2v) is 7.53. The molecule has 5 aromatic rings. The number of aryl methyl sites for hydroxylation is 2. The third-order valence-electron chi connectivity index (χ3n) is 5.62. The van der Waals surface area contributed by atoms with E-state index in [2.05, 4.69) is 16.0 Å². The number of aromatic nitrogens is 3. The lowest BCUT2D eigenvalue weighted by Gasteiger charge is -2.08. The summed E-state index contributed by atoms with van der Waals surface area (Å²) in [4.78, 5) is 32.2. The van der Waals surface area contributed by atoms with Crippen LogP contribution < -0.4 is 11.3 Å². The fourth-order valence-corrected chi connectivity index (χ4v) is 3.90. The summed E-state index contributed by atoms with van der Waals surface area (Å²) in [5.74, 6) is -0.465. The summed E-state index contributed by atoms with van der Waals surface area (Å²) in [6, 6.07) is 20.8. The Morgan fingerprint density at radius 3 is 2.55 bits per heavy atom. The molecular formula is C25H20N4O2. The number of benzene rings is 3. The lowest BCUT2D eigenvalue weighted by Crippen LogP contribution is -2.21. The van der Waals surface area contributed by atoms with Crippen molar-refractivity contribution in [2.24, 2.45) is 5.73 Å². The zero-order valence-electron chi connectivity index (χ0n) is 16.7. The van der Waals surface area contributed by atoms with Crippen LogP contribution in [0.25, 0.3) is 32.9 Å². The summed E-state index contributed by atoms with van der Waals surface area (Å²) in [5.41, 5.74) is 10.4. The van der Waals surface area contributed by atoms with Gasteiger partial charge in [0.1, 0.15) is 0 Å². The minimum Gasteiger partial charge on any atom is -0.366 e. The van der Waals surface area contributed by atoms with Crippen molar-refractivity contribution >= 4 is 27.7 Å². The van der Waals surface area contributed by atoms with Gasteiger partial charge in [-0.25, -0.2) is 4.98 Å². The molecule has 0 saturated heterocycles. The van der Waals surface area contributed by atoms with Gasteiger partial charge in [-0.1, -0.05) is 36.4 Å². The zero-order chi connectivity index (χ0) is 21.4. The Hall–Kier alpha value is -4.19. The zero-order valence-corrected chi connectivity index (χ0v) is 16.7. The predicted octanol–water partition coefficient (Wildman–Crippen LogP) is 3.89. The van der Waals surface area contributed by atoms with Crippen LogP contribution >= 0.6 is 0 Å². The van der Waals surface area contributed by atoms with Crippen molar-refractivity contribution in [3.05, 3.63) is 101 Å². The Kier molecular flexibility index (Phi) is 4.59. The van der Waals surface area contributed by atoms with Gasteiger partial charge in [-0.15, -0.1) is 0 Å². The van der Waals surface area contributed by atoms with Gasteiger partial charge in [0, 0.05) is 29.2 Å². The minimum atomic E-state index is -0.465. The van der Waals surface area contributed by atoms with E-state index in [-0.39, 0.29) is 5.56 Å². The molecule has 3 N–H and O–H groups in total. The standard InChI is InChI=1S/C25H20N4O2/c26-24(30)17-7-5-16(6-8-17)18-9-10-23-21(13-18)25(31)29(15-28-23)12-11-19-14-27-22-4-2-1-3-20(19)22/h1-10,13-15,27H,11-12H2,(H2,26,30). The third kappa shape index (κ3) is 3.48. The number of carbonyl (C=O) groups excluding carboxylic acids is 1. The maximum atomic E-state index is 13.1. The number of hydrogen-bond acceptors (Lipinski definition) is 3. The monoisotopic (exact) mass is 408 g/mol. The quantitative estimate of drug-likeness (QED) is 0.462. The van der Waals surface area contributed by atoms with E-state index in [9.17, 15) is 9.59 Å². The highest BCUT2D eigenvalue weighted by Gasteiger charge is 2.09. The van der Waals surface area contributed by atoms with Crippen LogP contribution in [0.1, 0.15) is 15.9 Å². The van der Waals surface area contributed by atoms with Crippen molar-refractivity contribution in [1.29, 1.82) is 0 Å². The van der Waals surface area contributed by atoms with Crippen LogP contribution in [0, 0.1) is 0 Å². The van der Waals surface area contributed by atoms with Crippen molar-refractivity contribution in [2.75, 3.05) is 0 Å². The van der Waals surface area contributed by atoms with Crippen LogP contribution in [-0.2, 0) is 13.0 Å². The van der Waals surface area contributed by atoms with Gasteiger partial charge >= 0.3 is 0 Å². The number of nitrogens with one attached hydrogen (secondary N) is 1. The summed E-state index contributed by atoms with van der Waals surface area (Å²) < 4.78 is 1.66. The van der Waals surface area contributed by atoms with E-state index in [0.29, 0.717) is 23.0 Å². The molecule has 31 heavy (non-hydrogen) atoms. The summed E-state index contributed by atoms with van der Waals surface area (Å²) >= 11 is 0. The number of rotatable bonds is 5. The molecule has 0 aliphatic rings. The van der Waals surface area contributed by atoms with Gasteiger partial charge < -0.3 is 10.7 Å². The van der Waals surface area contributed by atoms with Gasteiger partial charge in [0.05, 0.1) is 17.2 Å². The molecule has 3 aromatic carbocycles. The molecule has 1 amide bonds. The Morgan fingerprint density at radius 1 is 0.968 bits per heavy atom. The number of amides is 1. The molecule has 0 fully saturated rings. The molecule has 6 nitrogen and oxygen atoms in total. The van der Waals surface area contributed by atoms with Gasteiger partial charge in [-0.2, -0.15) is 0 Å². The number of primary amides is 1. The SMILES string of the molecule is NC(=O)c1ccc(-c2ccc3ncn(CCc4c[nH]c5ccccc45)c(=O)c3c2)cc1. The van der Waals surface area contributed by atoms with Gasteiger partial charge in [0.25, 0.3) is 5.56 Å². The summed E-state index contributed by atoms with van der Waals surface area (Å²) in [7, 11) is 0. The lowest BCUT2D eigenvalue weighted by atomic mass is 10.0. The van der Waals surface area contributed by atoms with Crippen molar-refractivity contribution in [3.63, 3.8) is 0 Å². The number of hydrogen-bond donors (Lipinski definition) is 2. The number of aromatic amines is 1. The Labute approximate surface area is 178 Å². The van der Waals surface area contributed by atoms with Crippen LogP contribution in [-0.4, -0.2) is 20.4 Å². The Bertz CT molecular complexity index is 1480. The van der Waals surface area contributed by atoms with E-state index >= 15 is 0 Å². The smallest absolute Gasteiger partial charge is 0.261 e. The normalized spacial score (nSPS) is 11.2. The maximum absolute atomic E-state index is 13.1. The first-order valence-corrected chi connectivity index (χ1v) is 10.0. The molecule has 0 saturated carbocycles. The molecule has 6 heteroatoms. The number of H-pyrrole nitrogens is 1. The van der Waals surface area contributed by atoms with E-state index in [1.807, 2.05) is 54.7 Å². The number of nitrogens with zero attached hydrogens (tertiary/aromatic N) is 2. The molecule has 0 aliphatic carbocycles. The highest BCUT2D eigenvalue weighted by molar-refractivity contribution is 5.93. The highest BCUT2D eigenvalue weighted by Crippen LogP contribution is 2.23.